The largest absolute Gasteiger partial charge is 0.496 e. The minimum atomic E-state index is 0.0664. The van der Waals surface area contributed by atoms with E-state index in [1.807, 2.05) is 29.2 Å². The van der Waals surface area contributed by atoms with Gasteiger partial charge < -0.3 is 19.4 Å². The van der Waals surface area contributed by atoms with E-state index in [9.17, 15) is 9.59 Å². The van der Waals surface area contributed by atoms with E-state index in [0.29, 0.717) is 23.3 Å². The lowest BCUT2D eigenvalue weighted by Gasteiger charge is -2.42. The summed E-state index contributed by atoms with van der Waals surface area (Å²) < 4.78 is 5.36. The van der Waals surface area contributed by atoms with Crippen molar-refractivity contribution >= 4 is 11.8 Å². The maximum atomic E-state index is 12.9. The van der Waals surface area contributed by atoms with Crippen LogP contribution in [0.1, 0.15) is 55.3 Å². The number of carbonyl (C=O) groups excluding carboxylic acids is 2. The van der Waals surface area contributed by atoms with E-state index >= 15 is 0 Å². The lowest BCUT2D eigenvalue weighted by molar-refractivity contribution is -0.138. The number of benzene rings is 1. The van der Waals surface area contributed by atoms with Gasteiger partial charge in [0.1, 0.15) is 5.75 Å². The number of likely N-dealkylation sites (tertiary alicyclic amines) is 3. The number of hydrogen-bond acceptors (Lipinski definition) is 4. The van der Waals surface area contributed by atoms with Gasteiger partial charge in [0.05, 0.1) is 12.7 Å². The van der Waals surface area contributed by atoms with Crippen molar-refractivity contribution < 1.29 is 14.3 Å². The predicted molar refractivity (Wildman–Crippen MR) is 117 cm³/mol. The topological polar surface area (TPSA) is 53.1 Å². The third kappa shape index (κ3) is 4.64. The first-order valence-corrected chi connectivity index (χ1v) is 11.6. The van der Waals surface area contributed by atoms with Crippen LogP contribution in [0.3, 0.4) is 0 Å². The highest BCUT2D eigenvalue weighted by molar-refractivity contribution is 5.97. The molecule has 6 heteroatoms. The Bertz CT molecular complexity index is 731. The summed E-state index contributed by atoms with van der Waals surface area (Å²) in [5.74, 6) is 1.32. The number of hydrogen-bond donors (Lipinski definition) is 0. The second-order valence-corrected chi connectivity index (χ2v) is 8.92. The second kappa shape index (κ2) is 9.82. The van der Waals surface area contributed by atoms with E-state index in [2.05, 4.69) is 9.80 Å². The number of nitrogens with zero attached hydrogens (tertiary/aromatic N) is 3. The maximum absolute atomic E-state index is 12.9. The molecule has 0 aliphatic carbocycles. The van der Waals surface area contributed by atoms with Gasteiger partial charge in [0.25, 0.3) is 5.91 Å². The number of rotatable bonds is 4. The summed E-state index contributed by atoms with van der Waals surface area (Å²) in [6, 6.07) is 7.99. The molecule has 6 nitrogen and oxygen atoms in total. The summed E-state index contributed by atoms with van der Waals surface area (Å²) in [5.41, 5.74) is 0.649. The quantitative estimate of drug-likeness (QED) is 0.761. The fraction of sp³-hybridized carbons (Fsp3) is 0.667. The van der Waals surface area contributed by atoms with Gasteiger partial charge in [0, 0.05) is 38.1 Å². The first-order chi connectivity index (χ1) is 14.7. The molecule has 1 aromatic rings. The van der Waals surface area contributed by atoms with Crippen LogP contribution in [0.25, 0.3) is 0 Å². The van der Waals surface area contributed by atoms with E-state index in [1.54, 1.807) is 7.11 Å². The van der Waals surface area contributed by atoms with E-state index in [0.717, 1.165) is 77.8 Å². The normalized spacial score (nSPS) is 22.2. The molecular formula is C24H35N3O3. The van der Waals surface area contributed by atoms with Crippen LogP contribution in [0.5, 0.6) is 5.75 Å². The molecule has 3 aliphatic heterocycles. The van der Waals surface area contributed by atoms with Crippen molar-refractivity contribution in [3.8, 4) is 5.75 Å². The summed E-state index contributed by atoms with van der Waals surface area (Å²) in [4.78, 5) is 32.3. The number of carbonyl (C=O) groups is 2. The Morgan fingerprint density at radius 3 is 2.17 bits per heavy atom. The molecular weight excluding hydrogens is 378 g/mol. The highest BCUT2D eigenvalue weighted by Crippen LogP contribution is 2.27. The molecule has 0 saturated carbocycles. The minimum absolute atomic E-state index is 0.0664. The van der Waals surface area contributed by atoms with Crippen LogP contribution in [0, 0.1) is 5.92 Å². The third-order valence-corrected chi connectivity index (χ3v) is 7.15. The zero-order chi connectivity index (χ0) is 20.9. The standard InChI is InChI=1S/C24H35N3O3/c1-30-22-8-4-3-7-21(22)24(29)27-17-11-20(12-18-27)25-15-9-19(10-16-25)23(28)26-13-5-2-6-14-26/h3-4,7-8,19-20H,2,5-6,9-18H2,1H3. The average molecular weight is 414 g/mol. The Labute approximate surface area is 180 Å². The van der Waals surface area contributed by atoms with Crippen LogP contribution in [0.4, 0.5) is 0 Å². The Morgan fingerprint density at radius 2 is 1.50 bits per heavy atom. The summed E-state index contributed by atoms with van der Waals surface area (Å²) >= 11 is 0. The fourth-order valence-corrected chi connectivity index (χ4v) is 5.31. The van der Waals surface area contributed by atoms with Gasteiger partial charge in [-0.3, -0.25) is 9.59 Å². The first kappa shape index (κ1) is 21.2. The van der Waals surface area contributed by atoms with Crippen molar-refractivity contribution in [1.82, 2.24) is 14.7 Å². The third-order valence-electron chi connectivity index (χ3n) is 7.15. The van der Waals surface area contributed by atoms with Crippen molar-refractivity contribution in [2.75, 3.05) is 46.4 Å². The Balaban J connectivity index is 1.25. The summed E-state index contributed by atoms with van der Waals surface area (Å²) in [7, 11) is 1.61. The molecule has 0 atom stereocenters. The Hall–Kier alpha value is -2.08. The van der Waals surface area contributed by atoms with Crippen molar-refractivity contribution in [3.63, 3.8) is 0 Å². The van der Waals surface area contributed by atoms with Crippen molar-refractivity contribution in [2.24, 2.45) is 5.92 Å². The van der Waals surface area contributed by atoms with Gasteiger partial charge in [0.2, 0.25) is 5.91 Å². The van der Waals surface area contributed by atoms with Gasteiger partial charge in [-0.2, -0.15) is 0 Å². The van der Waals surface area contributed by atoms with E-state index in [4.69, 9.17) is 4.74 Å². The molecule has 0 radical (unpaired) electrons. The number of amides is 2. The molecule has 4 rings (SSSR count). The zero-order valence-corrected chi connectivity index (χ0v) is 18.2. The van der Waals surface area contributed by atoms with Crippen LogP contribution in [-0.4, -0.2) is 78.9 Å². The second-order valence-electron chi connectivity index (χ2n) is 8.92. The molecule has 3 fully saturated rings. The number of piperidine rings is 3. The number of para-hydroxylation sites is 1. The van der Waals surface area contributed by atoms with Gasteiger partial charge in [0.15, 0.2) is 0 Å². The molecule has 2 amide bonds. The SMILES string of the molecule is COc1ccccc1C(=O)N1CCC(N2CCC(C(=O)N3CCCCC3)CC2)CC1. The molecule has 30 heavy (non-hydrogen) atoms. The Kier molecular flexibility index (Phi) is 6.93. The monoisotopic (exact) mass is 413 g/mol. The van der Waals surface area contributed by atoms with E-state index in [-0.39, 0.29) is 11.8 Å². The van der Waals surface area contributed by atoms with Crippen molar-refractivity contribution in [3.05, 3.63) is 29.8 Å². The molecule has 3 saturated heterocycles. The summed E-state index contributed by atoms with van der Waals surface area (Å²) in [5, 5.41) is 0. The molecule has 3 aliphatic rings. The van der Waals surface area contributed by atoms with Crippen LogP contribution in [0.15, 0.2) is 24.3 Å². The predicted octanol–water partition coefficient (Wildman–Crippen LogP) is 3.02. The van der Waals surface area contributed by atoms with Gasteiger partial charge in [-0.1, -0.05) is 12.1 Å². The average Bonchev–Trinajstić information content (AvgIpc) is 2.84. The fourth-order valence-electron chi connectivity index (χ4n) is 5.31. The van der Waals surface area contributed by atoms with Crippen LogP contribution >= 0.6 is 0 Å². The van der Waals surface area contributed by atoms with Crippen LogP contribution in [-0.2, 0) is 4.79 Å². The number of ether oxygens (including phenoxy) is 1. The van der Waals surface area contributed by atoms with Crippen molar-refractivity contribution in [1.29, 1.82) is 0 Å². The van der Waals surface area contributed by atoms with Gasteiger partial charge in [-0.05, 0) is 70.2 Å². The molecule has 0 unspecified atom stereocenters. The van der Waals surface area contributed by atoms with E-state index < -0.39 is 0 Å². The van der Waals surface area contributed by atoms with Gasteiger partial charge in [-0.25, -0.2) is 0 Å². The highest BCUT2D eigenvalue weighted by Gasteiger charge is 2.33. The maximum Gasteiger partial charge on any atom is 0.257 e. The van der Waals surface area contributed by atoms with Gasteiger partial charge >= 0.3 is 0 Å². The molecule has 1 aromatic carbocycles. The molecule has 3 heterocycles. The Morgan fingerprint density at radius 1 is 0.833 bits per heavy atom. The van der Waals surface area contributed by atoms with Crippen molar-refractivity contribution in [2.45, 2.75) is 51.0 Å². The lowest BCUT2D eigenvalue weighted by atomic mass is 9.91. The molecule has 0 aromatic heterocycles. The zero-order valence-electron chi connectivity index (χ0n) is 18.2. The lowest BCUT2D eigenvalue weighted by Crippen LogP contribution is -2.50. The summed E-state index contributed by atoms with van der Waals surface area (Å²) in [6.07, 6.45) is 7.57. The van der Waals surface area contributed by atoms with E-state index in [1.165, 1.54) is 6.42 Å². The van der Waals surface area contributed by atoms with Crippen LogP contribution in [0.2, 0.25) is 0 Å². The highest BCUT2D eigenvalue weighted by atomic mass is 16.5. The first-order valence-electron chi connectivity index (χ1n) is 11.6. The molecule has 0 spiro atoms. The molecule has 0 bridgehead atoms. The molecule has 0 N–H and O–H groups in total. The summed E-state index contributed by atoms with van der Waals surface area (Å²) in [6.45, 7) is 5.50. The smallest absolute Gasteiger partial charge is 0.257 e. The number of methoxy groups -OCH3 is 1. The minimum Gasteiger partial charge on any atom is -0.496 e. The molecule has 164 valence electrons. The van der Waals surface area contributed by atoms with Gasteiger partial charge in [-0.15, -0.1) is 0 Å². The van der Waals surface area contributed by atoms with Crippen LogP contribution < -0.4 is 4.74 Å².